The highest BCUT2D eigenvalue weighted by atomic mass is 19.3. The van der Waals surface area contributed by atoms with Crippen molar-refractivity contribution in [2.24, 2.45) is 0 Å². The maximum absolute atomic E-state index is 13.1. The van der Waals surface area contributed by atoms with Gasteiger partial charge in [-0.3, -0.25) is 14.6 Å². The van der Waals surface area contributed by atoms with Crippen LogP contribution in [-0.2, 0) is 6.54 Å². The largest absolute Gasteiger partial charge is 0.471 e. The minimum Gasteiger partial charge on any atom is -0.471 e. The summed E-state index contributed by atoms with van der Waals surface area (Å²) in [6, 6.07) is 6.20. The Morgan fingerprint density at radius 3 is 2.65 bits per heavy atom. The van der Waals surface area contributed by atoms with Crippen molar-refractivity contribution >= 4 is 17.6 Å². The van der Waals surface area contributed by atoms with Crippen LogP contribution in [-0.4, -0.2) is 44.2 Å². The lowest BCUT2D eigenvalue weighted by Gasteiger charge is -2.25. The average Bonchev–Trinajstić information content (AvgIpc) is 3.15. The van der Waals surface area contributed by atoms with Crippen LogP contribution < -0.4 is 10.1 Å². The van der Waals surface area contributed by atoms with Crippen LogP contribution >= 0.6 is 0 Å². The van der Waals surface area contributed by atoms with Gasteiger partial charge < -0.3 is 15.0 Å². The number of fused-ring (bicyclic) bond motifs is 1. The maximum atomic E-state index is 13.1. The van der Waals surface area contributed by atoms with Crippen molar-refractivity contribution in [2.75, 3.05) is 11.9 Å². The van der Waals surface area contributed by atoms with E-state index < -0.39 is 12.5 Å². The monoisotopic (exact) mass is 467 g/mol. The smallest absolute Gasteiger partial charge is 0.278 e. The third-order valence-electron chi connectivity index (χ3n) is 5.51. The van der Waals surface area contributed by atoms with E-state index in [1.54, 1.807) is 36.1 Å². The van der Waals surface area contributed by atoms with Crippen LogP contribution in [0.3, 0.4) is 0 Å². The van der Waals surface area contributed by atoms with Gasteiger partial charge in [0.15, 0.2) is 6.61 Å². The molecule has 0 aromatic carbocycles. The lowest BCUT2D eigenvalue weighted by molar-refractivity contribution is -0.0244. The van der Waals surface area contributed by atoms with Crippen LogP contribution in [0.2, 0.25) is 0 Å². The molecule has 0 saturated carbocycles. The fraction of sp³-hybridized carbons (Fsp3) is 0.292. The molecular weight excluding hydrogens is 444 g/mol. The second-order valence-electron chi connectivity index (χ2n) is 8.23. The fourth-order valence-corrected chi connectivity index (χ4v) is 3.69. The lowest BCUT2D eigenvalue weighted by atomic mass is 10.1. The van der Waals surface area contributed by atoms with Crippen molar-refractivity contribution < 1.29 is 23.1 Å². The Balaban J connectivity index is 1.52. The van der Waals surface area contributed by atoms with Crippen molar-refractivity contribution in [3.63, 3.8) is 0 Å². The molecule has 176 valence electrons. The number of nitrogens with one attached hydrogen (secondary N) is 1. The highest BCUT2D eigenvalue weighted by Gasteiger charge is 2.34. The summed E-state index contributed by atoms with van der Waals surface area (Å²) < 4.78 is 31.3. The predicted molar refractivity (Wildman–Crippen MR) is 120 cm³/mol. The summed E-state index contributed by atoms with van der Waals surface area (Å²) in [6.45, 7) is 3.82. The van der Waals surface area contributed by atoms with Crippen LogP contribution in [0.15, 0.2) is 49.1 Å². The molecule has 4 rings (SSSR count). The third kappa shape index (κ3) is 4.85. The fourth-order valence-electron chi connectivity index (χ4n) is 3.69. The van der Waals surface area contributed by atoms with Gasteiger partial charge in [0.25, 0.3) is 17.7 Å². The Kier molecular flexibility index (Phi) is 6.23. The summed E-state index contributed by atoms with van der Waals surface area (Å²) in [5, 5.41) is 2.77. The first kappa shape index (κ1) is 23.2. The minimum absolute atomic E-state index is 0.124. The summed E-state index contributed by atoms with van der Waals surface area (Å²) in [5.74, 6) is -3.07. The molecule has 34 heavy (non-hydrogen) atoms. The number of rotatable bonds is 7. The number of ether oxygens (including phenoxy) is 1. The zero-order chi connectivity index (χ0) is 24.5. The van der Waals surface area contributed by atoms with E-state index in [4.69, 9.17) is 4.74 Å². The first-order valence-electron chi connectivity index (χ1n) is 10.6. The molecule has 4 heterocycles. The molecule has 1 aliphatic heterocycles. The molecule has 1 aliphatic rings. The van der Waals surface area contributed by atoms with E-state index in [0.717, 1.165) is 12.5 Å². The minimum atomic E-state index is -2.97. The molecule has 1 atom stereocenters. The van der Waals surface area contributed by atoms with Gasteiger partial charge in [0.1, 0.15) is 5.82 Å². The molecule has 0 aliphatic carbocycles. The number of pyridine rings is 3. The zero-order valence-electron chi connectivity index (χ0n) is 18.9. The molecule has 1 N–H and O–H groups in total. The van der Waals surface area contributed by atoms with Gasteiger partial charge in [-0.05, 0) is 43.7 Å². The predicted octanol–water partition coefficient (Wildman–Crippen LogP) is 4.18. The van der Waals surface area contributed by atoms with E-state index >= 15 is 0 Å². The van der Waals surface area contributed by atoms with E-state index in [9.17, 15) is 18.4 Å². The number of aromatic nitrogens is 3. The molecule has 2 amide bonds. The van der Waals surface area contributed by atoms with E-state index in [0.29, 0.717) is 28.1 Å². The van der Waals surface area contributed by atoms with Gasteiger partial charge in [-0.2, -0.15) is 0 Å². The number of nitrogens with zero attached hydrogens (tertiary/aromatic N) is 4. The van der Waals surface area contributed by atoms with E-state index in [2.05, 4.69) is 20.3 Å². The molecule has 3 aromatic heterocycles. The van der Waals surface area contributed by atoms with Crippen LogP contribution in [0, 0.1) is 6.92 Å². The number of halogens is 2. The van der Waals surface area contributed by atoms with Crippen LogP contribution in [0.5, 0.6) is 5.88 Å². The number of amides is 2. The first-order chi connectivity index (χ1) is 16.1. The quantitative estimate of drug-likeness (QED) is 0.560. The van der Waals surface area contributed by atoms with Crippen LogP contribution in [0.25, 0.3) is 0 Å². The van der Waals surface area contributed by atoms with Crippen LogP contribution in [0.4, 0.5) is 14.6 Å². The van der Waals surface area contributed by atoms with Gasteiger partial charge in [-0.25, -0.2) is 18.7 Å². The molecule has 8 nitrogen and oxygen atoms in total. The second kappa shape index (κ2) is 9.12. The molecule has 0 bridgehead atoms. The summed E-state index contributed by atoms with van der Waals surface area (Å²) in [7, 11) is 0. The Labute approximate surface area is 195 Å². The maximum Gasteiger partial charge on any atom is 0.278 e. The van der Waals surface area contributed by atoms with Gasteiger partial charge in [0, 0.05) is 54.0 Å². The van der Waals surface area contributed by atoms with Gasteiger partial charge in [0.2, 0.25) is 5.88 Å². The van der Waals surface area contributed by atoms with Crippen molar-refractivity contribution in [1.82, 2.24) is 19.9 Å². The number of hydrogen-bond donors (Lipinski definition) is 1. The number of carbonyl (C=O) groups is 2. The summed E-state index contributed by atoms with van der Waals surface area (Å²) >= 11 is 0. The number of alkyl halides is 2. The van der Waals surface area contributed by atoms with Gasteiger partial charge >= 0.3 is 0 Å². The van der Waals surface area contributed by atoms with E-state index in [1.807, 2.05) is 6.92 Å². The molecular formula is C24H23F2N5O3. The Morgan fingerprint density at radius 1 is 1.24 bits per heavy atom. The average molecular weight is 467 g/mol. The van der Waals surface area contributed by atoms with Crippen molar-refractivity contribution in [1.29, 1.82) is 0 Å². The Bertz CT molecular complexity index is 1230. The molecule has 0 radical (unpaired) electrons. The number of aryl methyl sites for hydroxylation is 1. The van der Waals surface area contributed by atoms with Crippen molar-refractivity contribution in [3.8, 4) is 5.88 Å². The zero-order valence-corrected chi connectivity index (χ0v) is 18.9. The van der Waals surface area contributed by atoms with E-state index in [1.165, 1.54) is 24.8 Å². The van der Waals surface area contributed by atoms with Crippen molar-refractivity contribution in [3.05, 3.63) is 76.9 Å². The van der Waals surface area contributed by atoms with Crippen LogP contribution in [0.1, 0.15) is 57.3 Å². The molecule has 10 heteroatoms. The van der Waals surface area contributed by atoms with Gasteiger partial charge in [-0.1, -0.05) is 0 Å². The van der Waals surface area contributed by atoms with Gasteiger partial charge in [-0.15, -0.1) is 0 Å². The molecule has 0 spiro atoms. The van der Waals surface area contributed by atoms with Crippen molar-refractivity contribution in [2.45, 2.75) is 39.3 Å². The summed E-state index contributed by atoms with van der Waals surface area (Å²) in [5.41, 5.74) is 2.82. The highest BCUT2D eigenvalue weighted by Crippen LogP contribution is 2.34. The SMILES string of the molecule is Cc1cc(C(C)N2Cc3c(ccnc3NC(=O)c3ccncc3)C2=O)cnc1OCC(C)(F)F. The highest BCUT2D eigenvalue weighted by molar-refractivity contribution is 6.06. The van der Waals surface area contributed by atoms with Gasteiger partial charge in [0.05, 0.1) is 12.6 Å². The Morgan fingerprint density at radius 2 is 1.97 bits per heavy atom. The lowest BCUT2D eigenvalue weighted by Crippen LogP contribution is -2.27. The summed E-state index contributed by atoms with van der Waals surface area (Å²) in [6.07, 6.45) is 6.03. The number of hydrogen-bond acceptors (Lipinski definition) is 6. The molecule has 0 fully saturated rings. The summed E-state index contributed by atoms with van der Waals surface area (Å²) in [4.78, 5) is 39.7. The second-order valence-corrected chi connectivity index (χ2v) is 8.23. The standard InChI is InChI=1S/C24H23F2N5O3/c1-14-10-17(11-29-22(14)34-13-24(3,25)26)15(2)31-12-19-18(23(31)33)6-9-28-20(19)30-21(32)16-4-7-27-8-5-16/h4-11,15H,12-13H2,1-3H3,(H,28,30,32). The first-order valence-corrected chi connectivity index (χ1v) is 10.6. The molecule has 3 aromatic rings. The number of anilines is 1. The molecule has 1 unspecified atom stereocenters. The van der Waals surface area contributed by atoms with E-state index in [-0.39, 0.29) is 30.3 Å². The normalized spacial score (nSPS) is 14.0. The topological polar surface area (TPSA) is 97.3 Å². The number of carbonyl (C=O) groups excluding carboxylic acids is 2. The third-order valence-corrected chi connectivity index (χ3v) is 5.51. The Hall–Kier alpha value is -3.95. The molecule has 0 saturated heterocycles.